The highest BCUT2D eigenvalue weighted by Gasteiger charge is 2.36. The molecule has 0 aromatic carbocycles. The van der Waals surface area contributed by atoms with Crippen LogP contribution in [0.1, 0.15) is 0 Å². The molecule has 19 heavy (non-hydrogen) atoms. The first-order valence-corrected chi connectivity index (χ1v) is 5.67. The fraction of sp³-hybridized carbons (Fsp3) is 0.0909. The van der Waals surface area contributed by atoms with Gasteiger partial charge in [0.2, 0.25) is 0 Å². The minimum absolute atomic E-state index is 0.165. The molecule has 0 N–H and O–H groups in total. The smallest absolute Gasteiger partial charge is 0.398 e. The van der Waals surface area contributed by atoms with Crippen LogP contribution in [0.15, 0.2) is 36.9 Å². The summed E-state index contributed by atoms with van der Waals surface area (Å²) < 4.78 is 35.7. The average molecular weight is 307 g/mol. The van der Waals surface area contributed by atoms with Gasteiger partial charge in [0.15, 0.2) is 0 Å². The summed E-state index contributed by atoms with van der Waals surface area (Å²) in [6.07, 6.45) is 0.833. The molecule has 4 nitrogen and oxygen atoms in total. The number of hydrogen-bond acceptors (Lipinski definition) is 4. The molecule has 0 bridgehead atoms. The maximum absolute atomic E-state index is 13.5. The van der Waals surface area contributed by atoms with E-state index in [2.05, 4.69) is 19.4 Å². The van der Waals surface area contributed by atoms with Crippen LogP contribution in [-0.2, 0) is 0 Å². The van der Waals surface area contributed by atoms with E-state index in [-0.39, 0.29) is 21.5 Å². The van der Waals surface area contributed by atoms with Crippen molar-refractivity contribution in [3.63, 3.8) is 0 Å². The molecule has 2 aromatic rings. The van der Waals surface area contributed by atoms with Crippen molar-refractivity contribution >= 4 is 23.2 Å². The van der Waals surface area contributed by atoms with Crippen molar-refractivity contribution in [3.8, 4) is 11.5 Å². The molecule has 0 unspecified atom stereocenters. The summed E-state index contributed by atoms with van der Waals surface area (Å²) in [6.45, 7) is 0. The summed E-state index contributed by atoms with van der Waals surface area (Å²) in [6, 6.07) is 2.37. The zero-order valence-corrected chi connectivity index (χ0v) is 10.7. The lowest BCUT2D eigenvalue weighted by Crippen LogP contribution is -2.32. The molecule has 0 amide bonds. The third-order valence-corrected chi connectivity index (χ3v) is 2.25. The summed E-state index contributed by atoms with van der Waals surface area (Å²) in [5.41, 5.74) is 0. The van der Waals surface area contributed by atoms with Crippen LogP contribution in [0.25, 0.3) is 0 Å². The summed E-state index contributed by atoms with van der Waals surface area (Å²) in [7, 11) is 0. The molecule has 0 aliphatic rings. The van der Waals surface area contributed by atoms with Crippen LogP contribution >= 0.6 is 23.2 Å². The van der Waals surface area contributed by atoms with Gasteiger partial charge in [0.1, 0.15) is 11.5 Å². The molecule has 0 fully saturated rings. The average Bonchev–Trinajstić information content (AvgIpc) is 2.27. The van der Waals surface area contributed by atoms with E-state index in [1.165, 1.54) is 24.5 Å². The van der Waals surface area contributed by atoms with Crippen LogP contribution in [0, 0.1) is 0 Å². The van der Waals surface area contributed by atoms with Crippen molar-refractivity contribution in [2.75, 3.05) is 0 Å². The van der Waals surface area contributed by atoms with Crippen molar-refractivity contribution in [2.45, 2.75) is 6.29 Å². The zero-order valence-electron chi connectivity index (χ0n) is 9.19. The van der Waals surface area contributed by atoms with Gasteiger partial charge in [-0.25, -0.2) is 0 Å². The van der Waals surface area contributed by atoms with Gasteiger partial charge in [-0.3, -0.25) is 9.97 Å². The topological polar surface area (TPSA) is 44.2 Å². The quantitative estimate of drug-likeness (QED) is 0.806. The molecule has 8 heteroatoms. The number of hydrogen-bond donors (Lipinski definition) is 0. The number of ether oxygens (including phenoxy) is 2. The van der Waals surface area contributed by atoms with E-state index >= 15 is 0 Å². The Labute approximate surface area is 116 Å². The van der Waals surface area contributed by atoms with Crippen molar-refractivity contribution in [1.82, 2.24) is 9.97 Å². The van der Waals surface area contributed by atoms with Gasteiger partial charge in [-0.05, 0) is 0 Å². The lowest BCUT2D eigenvalue weighted by atomic mass is 10.4. The minimum atomic E-state index is -3.90. The van der Waals surface area contributed by atoms with E-state index in [0.717, 1.165) is 12.4 Å². The van der Waals surface area contributed by atoms with Crippen LogP contribution in [0.3, 0.4) is 0 Å². The molecule has 0 aliphatic heterocycles. The number of rotatable bonds is 4. The van der Waals surface area contributed by atoms with Crippen LogP contribution in [-0.4, -0.2) is 16.3 Å². The van der Waals surface area contributed by atoms with Gasteiger partial charge in [0.25, 0.3) is 0 Å². The minimum Gasteiger partial charge on any atom is -0.398 e. The molecule has 0 saturated heterocycles. The standard InChI is InChI=1S/C11H6Cl2F2N2O2/c12-7-1-9(5-16-3-7)18-11(14,15)19-10-2-8(13)4-17-6-10/h1-6H. The molecule has 2 rings (SSSR count). The molecular weight excluding hydrogens is 301 g/mol. The van der Waals surface area contributed by atoms with Crippen molar-refractivity contribution in [3.05, 3.63) is 47.0 Å². The van der Waals surface area contributed by atoms with Gasteiger partial charge < -0.3 is 9.47 Å². The molecule has 0 spiro atoms. The number of aromatic nitrogens is 2. The van der Waals surface area contributed by atoms with Crippen LogP contribution in [0.2, 0.25) is 10.0 Å². The monoisotopic (exact) mass is 306 g/mol. The summed E-state index contributed by atoms with van der Waals surface area (Å²) in [5.74, 6) is -0.458. The molecular formula is C11H6Cl2F2N2O2. The largest absolute Gasteiger partial charge is 0.586 e. The predicted octanol–water partition coefficient (Wildman–Crippen LogP) is 3.79. The highest BCUT2D eigenvalue weighted by Crippen LogP contribution is 2.27. The summed E-state index contributed by atoms with van der Waals surface area (Å²) >= 11 is 11.2. The SMILES string of the molecule is FC(F)(Oc1cncc(Cl)c1)Oc1cncc(Cl)c1. The van der Waals surface area contributed by atoms with Crippen LogP contribution in [0.5, 0.6) is 11.5 Å². The normalized spacial score (nSPS) is 11.2. The Kier molecular flexibility index (Phi) is 4.01. The van der Waals surface area contributed by atoms with Gasteiger partial charge in [0, 0.05) is 24.5 Å². The third-order valence-electron chi connectivity index (χ3n) is 1.83. The van der Waals surface area contributed by atoms with Gasteiger partial charge in [-0.1, -0.05) is 23.2 Å². The molecule has 2 heterocycles. The highest BCUT2D eigenvalue weighted by atomic mass is 35.5. The summed E-state index contributed by atoms with van der Waals surface area (Å²) in [4.78, 5) is 7.22. The Hall–Kier alpha value is -1.66. The van der Waals surface area contributed by atoms with Crippen molar-refractivity contribution in [1.29, 1.82) is 0 Å². The first-order valence-electron chi connectivity index (χ1n) is 4.91. The van der Waals surface area contributed by atoms with Crippen molar-refractivity contribution in [2.24, 2.45) is 0 Å². The second kappa shape index (κ2) is 5.54. The summed E-state index contributed by atoms with van der Waals surface area (Å²) in [5, 5.41) is 0.329. The van der Waals surface area contributed by atoms with E-state index in [1.807, 2.05) is 0 Å². The lowest BCUT2D eigenvalue weighted by molar-refractivity contribution is -0.308. The van der Waals surface area contributed by atoms with Gasteiger partial charge in [0.05, 0.1) is 22.4 Å². The number of alkyl halides is 2. The molecule has 0 saturated carbocycles. The first kappa shape index (κ1) is 13.8. The van der Waals surface area contributed by atoms with Gasteiger partial charge >= 0.3 is 6.29 Å². The van der Waals surface area contributed by atoms with E-state index < -0.39 is 6.29 Å². The van der Waals surface area contributed by atoms with Crippen LogP contribution < -0.4 is 9.47 Å². The second-order valence-electron chi connectivity index (χ2n) is 3.35. The molecule has 2 aromatic heterocycles. The zero-order chi connectivity index (χ0) is 13.9. The van der Waals surface area contributed by atoms with E-state index in [9.17, 15) is 8.78 Å². The maximum Gasteiger partial charge on any atom is 0.586 e. The highest BCUT2D eigenvalue weighted by molar-refractivity contribution is 6.30. The van der Waals surface area contributed by atoms with E-state index in [4.69, 9.17) is 23.2 Å². The Morgan fingerprint density at radius 1 is 0.842 bits per heavy atom. The first-order chi connectivity index (χ1) is 8.94. The second-order valence-corrected chi connectivity index (χ2v) is 4.22. The van der Waals surface area contributed by atoms with E-state index in [0.29, 0.717) is 0 Å². The molecule has 0 atom stereocenters. The maximum atomic E-state index is 13.5. The Morgan fingerprint density at radius 2 is 1.26 bits per heavy atom. The van der Waals surface area contributed by atoms with Crippen molar-refractivity contribution < 1.29 is 18.3 Å². The fourth-order valence-electron chi connectivity index (χ4n) is 1.19. The number of halogens is 4. The Bertz CT molecular complexity index is 535. The van der Waals surface area contributed by atoms with Gasteiger partial charge in [-0.2, -0.15) is 0 Å². The fourth-order valence-corrected chi connectivity index (χ4v) is 1.52. The Balaban J connectivity index is 2.10. The lowest BCUT2D eigenvalue weighted by Gasteiger charge is -2.17. The van der Waals surface area contributed by atoms with E-state index in [1.54, 1.807) is 0 Å². The number of nitrogens with zero attached hydrogens (tertiary/aromatic N) is 2. The van der Waals surface area contributed by atoms with Crippen LogP contribution in [0.4, 0.5) is 8.78 Å². The van der Waals surface area contributed by atoms with Gasteiger partial charge in [-0.15, -0.1) is 8.78 Å². The molecule has 0 radical (unpaired) electrons. The molecule has 100 valence electrons. The number of pyridine rings is 2. The molecule has 0 aliphatic carbocycles. The Morgan fingerprint density at radius 3 is 1.63 bits per heavy atom. The predicted molar refractivity (Wildman–Crippen MR) is 64.7 cm³/mol. The third kappa shape index (κ3) is 4.18.